The van der Waals surface area contributed by atoms with Crippen LogP contribution in [-0.2, 0) is 6.54 Å². The molecule has 0 atom stereocenters. The van der Waals surface area contributed by atoms with Crippen LogP contribution in [0.25, 0.3) is 10.6 Å². The van der Waals surface area contributed by atoms with Gasteiger partial charge < -0.3 is 10.1 Å². The van der Waals surface area contributed by atoms with Gasteiger partial charge in [0.1, 0.15) is 10.8 Å². The van der Waals surface area contributed by atoms with Crippen molar-refractivity contribution in [1.29, 1.82) is 0 Å². The van der Waals surface area contributed by atoms with Crippen molar-refractivity contribution in [3.8, 4) is 16.3 Å². The van der Waals surface area contributed by atoms with E-state index in [9.17, 15) is 0 Å². The molecule has 0 fully saturated rings. The predicted molar refractivity (Wildman–Crippen MR) is 71.7 cm³/mol. The van der Waals surface area contributed by atoms with E-state index in [1.165, 1.54) is 0 Å². The van der Waals surface area contributed by atoms with Crippen LogP contribution < -0.4 is 10.1 Å². The van der Waals surface area contributed by atoms with Gasteiger partial charge in [-0.25, -0.2) is 0 Å². The molecular formula is C12H16N4OS. The fourth-order valence-electron chi connectivity index (χ4n) is 1.44. The summed E-state index contributed by atoms with van der Waals surface area (Å²) >= 11 is 1.56. The molecule has 2 rings (SSSR count). The largest absolute Gasteiger partial charge is 0.494 e. The highest BCUT2D eigenvalue weighted by Crippen LogP contribution is 2.30. The molecule has 0 unspecified atom stereocenters. The summed E-state index contributed by atoms with van der Waals surface area (Å²) in [6, 6.07) is 2.33. The number of nitrogens with zero attached hydrogens (tertiary/aromatic N) is 3. The predicted octanol–water partition coefficient (Wildman–Crippen LogP) is 2.11. The Morgan fingerprint density at radius 3 is 2.94 bits per heavy atom. The minimum absolute atomic E-state index is 0.438. The van der Waals surface area contributed by atoms with Gasteiger partial charge in [-0.1, -0.05) is 25.2 Å². The Balaban J connectivity index is 2.18. The molecule has 0 saturated heterocycles. The minimum atomic E-state index is 0.438. The van der Waals surface area contributed by atoms with E-state index in [4.69, 9.17) is 4.74 Å². The summed E-state index contributed by atoms with van der Waals surface area (Å²) in [7, 11) is 1.63. The molecule has 0 radical (unpaired) electrons. The van der Waals surface area contributed by atoms with E-state index >= 15 is 0 Å². The third-order valence-corrected chi connectivity index (χ3v) is 3.32. The zero-order chi connectivity index (χ0) is 13.0. The van der Waals surface area contributed by atoms with Crippen molar-refractivity contribution >= 4 is 11.3 Å². The first-order valence-electron chi connectivity index (χ1n) is 5.75. The van der Waals surface area contributed by atoms with Gasteiger partial charge in [0.25, 0.3) is 0 Å². The number of hydrogen-bond donors (Lipinski definition) is 1. The van der Waals surface area contributed by atoms with Gasteiger partial charge in [0, 0.05) is 18.8 Å². The van der Waals surface area contributed by atoms with Crippen LogP contribution in [0, 0.1) is 0 Å². The first kappa shape index (κ1) is 12.9. The molecule has 0 aliphatic heterocycles. The lowest BCUT2D eigenvalue weighted by Gasteiger charge is -2.04. The molecule has 0 aromatic carbocycles. The van der Waals surface area contributed by atoms with E-state index in [-0.39, 0.29) is 0 Å². The second kappa shape index (κ2) is 5.88. The van der Waals surface area contributed by atoms with Gasteiger partial charge in [-0.15, -0.1) is 10.2 Å². The van der Waals surface area contributed by atoms with E-state index in [0.29, 0.717) is 6.04 Å². The SMILES string of the molecule is COc1cnccc1-c1nnc(CNC(C)C)s1. The Bertz CT molecular complexity index is 512. The van der Waals surface area contributed by atoms with E-state index in [1.54, 1.807) is 30.8 Å². The summed E-state index contributed by atoms with van der Waals surface area (Å²) in [4.78, 5) is 4.03. The lowest BCUT2D eigenvalue weighted by molar-refractivity contribution is 0.414. The van der Waals surface area contributed by atoms with E-state index in [0.717, 1.165) is 27.9 Å². The Morgan fingerprint density at radius 2 is 2.22 bits per heavy atom. The Hall–Kier alpha value is -1.53. The summed E-state index contributed by atoms with van der Waals surface area (Å²) in [5.74, 6) is 0.719. The summed E-state index contributed by atoms with van der Waals surface area (Å²) in [5, 5.41) is 13.5. The first-order chi connectivity index (χ1) is 8.70. The Morgan fingerprint density at radius 1 is 1.39 bits per heavy atom. The number of rotatable bonds is 5. The highest BCUT2D eigenvalue weighted by Gasteiger charge is 2.11. The standard InChI is InChI=1S/C12H16N4OS/c1-8(2)14-7-11-15-16-12(18-11)9-4-5-13-6-10(9)17-3/h4-6,8,14H,7H2,1-3H3. The molecule has 2 aromatic heterocycles. The third kappa shape index (κ3) is 3.02. The number of hydrogen-bond acceptors (Lipinski definition) is 6. The van der Waals surface area contributed by atoms with Gasteiger partial charge in [-0.05, 0) is 6.07 Å². The van der Waals surface area contributed by atoms with Crippen molar-refractivity contribution in [3.05, 3.63) is 23.5 Å². The molecule has 0 spiro atoms. The molecule has 2 aromatic rings. The maximum atomic E-state index is 5.27. The molecule has 0 saturated carbocycles. The van der Waals surface area contributed by atoms with Gasteiger partial charge in [-0.2, -0.15) is 0 Å². The number of ether oxygens (including phenoxy) is 1. The lowest BCUT2D eigenvalue weighted by atomic mass is 10.2. The highest BCUT2D eigenvalue weighted by molar-refractivity contribution is 7.14. The molecule has 0 amide bonds. The molecule has 0 aliphatic rings. The van der Waals surface area contributed by atoms with Crippen LogP contribution in [-0.4, -0.2) is 28.3 Å². The second-order valence-electron chi connectivity index (χ2n) is 4.11. The smallest absolute Gasteiger partial charge is 0.151 e. The monoisotopic (exact) mass is 264 g/mol. The molecule has 18 heavy (non-hydrogen) atoms. The minimum Gasteiger partial charge on any atom is -0.494 e. The number of nitrogens with one attached hydrogen (secondary N) is 1. The second-order valence-corrected chi connectivity index (χ2v) is 5.17. The van der Waals surface area contributed by atoms with E-state index in [2.05, 4.69) is 34.3 Å². The molecule has 96 valence electrons. The van der Waals surface area contributed by atoms with E-state index in [1.807, 2.05) is 6.07 Å². The Labute approximate surface area is 110 Å². The van der Waals surface area contributed by atoms with Gasteiger partial charge >= 0.3 is 0 Å². The average Bonchev–Trinajstić information content (AvgIpc) is 2.85. The molecule has 5 nitrogen and oxygen atoms in total. The van der Waals surface area contributed by atoms with E-state index < -0.39 is 0 Å². The Kier molecular flexibility index (Phi) is 4.22. The summed E-state index contributed by atoms with van der Waals surface area (Å²) in [6.45, 7) is 4.95. The number of methoxy groups -OCH3 is 1. The van der Waals surface area contributed by atoms with Crippen LogP contribution in [0.15, 0.2) is 18.5 Å². The maximum absolute atomic E-state index is 5.27. The van der Waals surface area contributed by atoms with Crippen LogP contribution in [0.1, 0.15) is 18.9 Å². The van der Waals surface area contributed by atoms with Crippen LogP contribution in [0.4, 0.5) is 0 Å². The quantitative estimate of drug-likeness (QED) is 0.896. The molecular weight excluding hydrogens is 248 g/mol. The van der Waals surface area contributed by atoms with Crippen molar-refractivity contribution < 1.29 is 4.74 Å². The lowest BCUT2D eigenvalue weighted by Crippen LogP contribution is -2.21. The summed E-state index contributed by atoms with van der Waals surface area (Å²) < 4.78 is 5.27. The molecule has 2 heterocycles. The van der Waals surface area contributed by atoms with Gasteiger partial charge in [0.2, 0.25) is 0 Å². The van der Waals surface area contributed by atoms with Crippen molar-refractivity contribution in [2.24, 2.45) is 0 Å². The average molecular weight is 264 g/mol. The molecule has 0 bridgehead atoms. The molecule has 0 aliphatic carbocycles. The fraction of sp³-hybridized carbons (Fsp3) is 0.417. The maximum Gasteiger partial charge on any atom is 0.151 e. The van der Waals surface area contributed by atoms with Crippen LogP contribution >= 0.6 is 11.3 Å². The molecule has 6 heteroatoms. The molecule has 1 N–H and O–H groups in total. The topological polar surface area (TPSA) is 59.9 Å². The third-order valence-electron chi connectivity index (χ3n) is 2.36. The van der Waals surface area contributed by atoms with Crippen LogP contribution in [0.3, 0.4) is 0 Å². The normalized spacial score (nSPS) is 10.9. The summed E-state index contributed by atoms with van der Waals surface area (Å²) in [6.07, 6.45) is 3.41. The summed E-state index contributed by atoms with van der Waals surface area (Å²) in [5.41, 5.74) is 0.931. The van der Waals surface area contributed by atoms with Gasteiger partial charge in [-0.3, -0.25) is 4.98 Å². The fourth-order valence-corrected chi connectivity index (χ4v) is 2.27. The van der Waals surface area contributed by atoms with Gasteiger partial charge in [0.05, 0.1) is 18.9 Å². The number of pyridine rings is 1. The highest BCUT2D eigenvalue weighted by atomic mass is 32.1. The van der Waals surface area contributed by atoms with Crippen molar-refractivity contribution in [1.82, 2.24) is 20.5 Å². The van der Waals surface area contributed by atoms with Crippen molar-refractivity contribution in [3.63, 3.8) is 0 Å². The van der Waals surface area contributed by atoms with Crippen LogP contribution in [0.5, 0.6) is 5.75 Å². The first-order valence-corrected chi connectivity index (χ1v) is 6.56. The number of aromatic nitrogens is 3. The zero-order valence-corrected chi connectivity index (χ0v) is 11.5. The van der Waals surface area contributed by atoms with Crippen molar-refractivity contribution in [2.75, 3.05) is 7.11 Å². The van der Waals surface area contributed by atoms with Crippen molar-refractivity contribution in [2.45, 2.75) is 26.4 Å². The van der Waals surface area contributed by atoms with Gasteiger partial charge in [0.15, 0.2) is 5.01 Å². The zero-order valence-electron chi connectivity index (χ0n) is 10.7. The van der Waals surface area contributed by atoms with Crippen LogP contribution in [0.2, 0.25) is 0 Å².